The van der Waals surface area contributed by atoms with E-state index in [4.69, 9.17) is 4.74 Å². The largest absolute Gasteiger partial charge is 0.444 e. The van der Waals surface area contributed by atoms with Gasteiger partial charge in [0.2, 0.25) is 5.91 Å². The third kappa shape index (κ3) is 6.84. The van der Waals surface area contributed by atoms with Crippen LogP contribution >= 0.6 is 0 Å². The lowest BCUT2D eigenvalue weighted by molar-refractivity contribution is -0.139. The van der Waals surface area contributed by atoms with Crippen LogP contribution in [0, 0.1) is 26.7 Å². The number of hydrogen-bond donors (Lipinski definition) is 2. The van der Waals surface area contributed by atoms with Gasteiger partial charge in [-0.1, -0.05) is 55.0 Å². The van der Waals surface area contributed by atoms with Crippen molar-refractivity contribution in [2.45, 2.75) is 72.6 Å². The second kappa shape index (κ2) is 10.5. The molecule has 0 aliphatic heterocycles. The average molecular weight is 480 g/mol. The Balaban J connectivity index is 1.92. The molecule has 0 aromatic heterocycles. The van der Waals surface area contributed by atoms with Gasteiger partial charge in [0.25, 0.3) is 5.91 Å². The zero-order chi connectivity index (χ0) is 25.9. The third-order valence-corrected chi connectivity index (χ3v) is 6.14. The fraction of sp³-hybridized carbons (Fsp3) is 0.464. The van der Waals surface area contributed by atoms with E-state index in [2.05, 4.69) is 17.6 Å². The number of aryl methyl sites for hydroxylation is 3. The monoisotopic (exact) mass is 479 g/mol. The van der Waals surface area contributed by atoms with Gasteiger partial charge in [-0.25, -0.2) is 4.79 Å². The molecule has 3 amide bonds. The number of amides is 3. The van der Waals surface area contributed by atoms with E-state index in [0.29, 0.717) is 0 Å². The lowest BCUT2D eigenvalue weighted by atomic mass is 10.0. The fourth-order valence-electron chi connectivity index (χ4n) is 4.15. The summed E-state index contributed by atoms with van der Waals surface area (Å²) in [6, 6.07) is 12.6. The number of carbonyl (C=O) groups excluding carboxylic acids is 3. The normalized spacial score (nSPS) is 17.8. The first-order valence-electron chi connectivity index (χ1n) is 12.1. The van der Waals surface area contributed by atoms with E-state index < -0.39 is 17.7 Å². The van der Waals surface area contributed by atoms with E-state index in [0.717, 1.165) is 34.4 Å². The molecule has 1 saturated carbocycles. The van der Waals surface area contributed by atoms with Gasteiger partial charge in [0, 0.05) is 11.7 Å². The maximum atomic E-state index is 13.8. The number of alkyl carbamates (subject to hydrolysis) is 1. The highest BCUT2D eigenvalue weighted by atomic mass is 16.6. The summed E-state index contributed by atoms with van der Waals surface area (Å²) >= 11 is 0. The van der Waals surface area contributed by atoms with E-state index in [1.807, 2.05) is 63.2 Å². The predicted octanol–water partition coefficient (Wildman–Crippen LogP) is 5.05. The first-order valence-corrected chi connectivity index (χ1v) is 12.1. The number of anilines is 1. The number of ether oxygens (including phenoxy) is 1. The van der Waals surface area contributed by atoms with Crippen LogP contribution in [0.3, 0.4) is 0 Å². The third-order valence-electron chi connectivity index (χ3n) is 6.14. The van der Waals surface area contributed by atoms with Crippen LogP contribution in [0.15, 0.2) is 42.5 Å². The van der Waals surface area contributed by atoms with Crippen LogP contribution < -0.4 is 10.6 Å². The van der Waals surface area contributed by atoms with Crippen molar-refractivity contribution >= 4 is 23.6 Å². The Kier molecular flexibility index (Phi) is 7.88. The summed E-state index contributed by atoms with van der Waals surface area (Å²) in [5, 5.41) is 5.63. The van der Waals surface area contributed by atoms with Crippen molar-refractivity contribution in [3.05, 3.63) is 64.7 Å². The molecule has 0 spiro atoms. The van der Waals surface area contributed by atoms with Crippen molar-refractivity contribution < 1.29 is 19.1 Å². The first kappa shape index (κ1) is 26.3. The highest BCUT2D eigenvalue weighted by Gasteiger charge is 2.46. The highest BCUT2D eigenvalue weighted by molar-refractivity contribution is 5.99. The Morgan fingerprint density at radius 2 is 1.60 bits per heavy atom. The highest BCUT2D eigenvalue weighted by Crippen LogP contribution is 2.40. The SMILES string of the molecule is Cc1ccc(C(C(=O)Nc2c(C)cccc2C)N(C(=O)CNC(=O)OC(C)(C)C)C2CC2C)cc1. The lowest BCUT2D eigenvalue weighted by Gasteiger charge is -2.32. The van der Waals surface area contributed by atoms with Crippen LogP contribution in [0.4, 0.5) is 10.5 Å². The van der Waals surface area contributed by atoms with Crippen LogP contribution in [0.25, 0.3) is 0 Å². The molecule has 0 bridgehead atoms. The molecule has 1 aliphatic carbocycles. The molecule has 1 fully saturated rings. The summed E-state index contributed by atoms with van der Waals surface area (Å²) in [5.41, 5.74) is 3.76. The van der Waals surface area contributed by atoms with Gasteiger partial charge in [-0.3, -0.25) is 9.59 Å². The Bertz CT molecular complexity index is 1070. The van der Waals surface area contributed by atoms with Crippen LogP contribution in [0.1, 0.15) is 62.4 Å². The zero-order valence-electron chi connectivity index (χ0n) is 21.8. The summed E-state index contributed by atoms with van der Waals surface area (Å²) in [6.07, 6.45) is 0.138. The quantitative estimate of drug-likeness (QED) is 0.582. The van der Waals surface area contributed by atoms with Gasteiger partial charge in [-0.15, -0.1) is 0 Å². The van der Waals surface area contributed by atoms with E-state index in [-0.39, 0.29) is 30.3 Å². The Labute approximate surface area is 208 Å². The van der Waals surface area contributed by atoms with Crippen molar-refractivity contribution in [1.82, 2.24) is 10.2 Å². The number of hydrogen-bond acceptors (Lipinski definition) is 4. The number of carbonyl (C=O) groups is 3. The first-order chi connectivity index (χ1) is 16.4. The molecule has 35 heavy (non-hydrogen) atoms. The summed E-state index contributed by atoms with van der Waals surface area (Å²) in [5.74, 6) is -0.343. The van der Waals surface area contributed by atoms with Crippen molar-refractivity contribution in [2.75, 3.05) is 11.9 Å². The minimum Gasteiger partial charge on any atom is -0.444 e. The molecular weight excluding hydrogens is 442 g/mol. The number of rotatable bonds is 7. The number of nitrogens with one attached hydrogen (secondary N) is 2. The molecule has 2 aromatic carbocycles. The van der Waals surface area contributed by atoms with E-state index in [1.54, 1.807) is 25.7 Å². The molecular formula is C28H37N3O4. The maximum absolute atomic E-state index is 13.8. The minimum absolute atomic E-state index is 0.0852. The standard InChI is InChI=1S/C28H37N3O4/c1-17-11-13-21(14-12-17)25(26(33)30-24-18(2)9-8-10-19(24)3)31(22-15-20(22)4)23(32)16-29-27(34)35-28(5,6)7/h8-14,20,22,25H,15-16H2,1-7H3,(H,29,34)(H,30,33). The second-order valence-electron chi connectivity index (χ2n) is 10.5. The predicted molar refractivity (Wildman–Crippen MR) is 137 cm³/mol. The molecule has 7 nitrogen and oxygen atoms in total. The van der Waals surface area contributed by atoms with Gasteiger partial charge < -0.3 is 20.3 Å². The van der Waals surface area contributed by atoms with Crippen molar-refractivity contribution in [3.8, 4) is 0 Å². The van der Waals surface area contributed by atoms with Crippen LogP contribution in [0.2, 0.25) is 0 Å². The Hall–Kier alpha value is -3.35. The zero-order valence-corrected chi connectivity index (χ0v) is 21.8. The molecule has 7 heteroatoms. The van der Waals surface area contributed by atoms with Gasteiger partial charge in [0.05, 0.1) is 0 Å². The molecule has 1 aliphatic rings. The molecule has 2 N–H and O–H groups in total. The van der Waals surface area contributed by atoms with Crippen molar-refractivity contribution in [1.29, 1.82) is 0 Å². The van der Waals surface area contributed by atoms with Gasteiger partial charge in [0.15, 0.2) is 0 Å². The summed E-state index contributed by atoms with van der Waals surface area (Å²) < 4.78 is 5.28. The lowest BCUT2D eigenvalue weighted by Crippen LogP contribution is -2.48. The molecule has 3 unspecified atom stereocenters. The molecule has 0 radical (unpaired) electrons. The molecule has 0 heterocycles. The molecule has 188 valence electrons. The van der Waals surface area contributed by atoms with E-state index >= 15 is 0 Å². The van der Waals surface area contributed by atoms with Crippen LogP contribution in [-0.4, -0.2) is 41.0 Å². The number of para-hydroxylation sites is 1. The van der Waals surface area contributed by atoms with Crippen molar-refractivity contribution in [2.24, 2.45) is 5.92 Å². The maximum Gasteiger partial charge on any atom is 0.408 e. The van der Waals surface area contributed by atoms with Gasteiger partial charge in [-0.2, -0.15) is 0 Å². The summed E-state index contributed by atoms with van der Waals surface area (Å²) in [7, 11) is 0. The average Bonchev–Trinajstić information content (AvgIpc) is 3.48. The molecule has 3 atom stereocenters. The second-order valence-corrected chi connectivity index (χ2v) is 10.5. The fourth-order valence-corrected chi connectivity index (χ4v) is 4.15. The molecule has 3 rings (SSSR count). The topological polar surface area (TPSA) is 87.7 Å². The smallest absolute Gasteiger partial charge is 0.408 e. The van der Waals surface area contributed by atoms with E-state index in [9.17, 15) is 14.4 Å². The van der Waals surface area contributed by atoms with Crippen LogP contribution in [-0.2, 0) is 14.3 Å². The van der Waals surface area contributed by atoms with Gasteiger partial charge >= 0.3 is 6.09 Å². The minimum atomic E-state index is -0.836. The summed E-state index contributed by atoms with van der Waals surface area (Å²) in [6.45, 7) is 13.0. The summed E-state index contributed by atoms with van der Waals surface area (Å²) in [4.78, 5) is 41.1. The number of benzene rings is 2. The van der Waals surface area contributed by atoms with E-state index in [1.165, 1.54) is 0 Å². The van der Waals surface area contributed by atoms with Gasteiger partial charge in [0.1, 0.15) is 18.2 Å². The van der Waals surface area contributed by atoms with Gasteiger partial charge in [-0.05, 0) is 70.6 Å². The Morgan fingerprint density at radius 1 is 1.03 bits per heavy atom. The molecule has 2 aromatic rings. The number of nitrogens with zero attached hydrogens (tertiary/aromatic N) is 1. The molecule has 0 saturated heterocycles. The van der Waals surface area contributed by atoms with Crippen molar-refractivity contribution in [3.63, 3.8) is 0 Å². The Morgan fingerprint density at radius 3 is 2.11 bits per heavy atom. The van der Waals surface area contributed by atoms with Crippen LogP contribution in [0.5, 0.6) is 0 Å².